The largest absolute Gasteiger partial charge is 0.459 e. The van der Waals surface area contributed by atoms with E-state index in [1.807, 2.05) is 24.3 Å². The van der Waals surface area contributed by atoms with E-state index in [1.165, 1.54) is 4.90 Å². The molecule has 2 aromatic rings. The molecule has 1 aliphatic heterocycles. The van der Waals surface area contributed by atoms with Gasteiger partial charge in [-0.1, -0.05) is 36.4 Å². The fraction of sp³-hybridized carbons (Fsp3) is 0.385. The minimum atomic E-state index is -0.696. The first-order valence-corrected chi connectivity index (χ1v) is 11.2. The Morgan fingerprint density at radius 3 is 2.24 bits per heavy atom. The lowest BCUT2D eigenvalue weighted by atomic mass is 9.86. The van der Waals surface area contributed by atoms with E-state index in [2.05, 4.69) is 0 Å². The van der Waals surface area contributed by atoms with Gasteiger partial charge in [0.15, 0.2) is 0 Å². The lowest BCUT2D eigenvalue weighted by Crippen LogP contribution is -2.47. The van der Waals surface area contributed by atoms with E-state index >= 15 is 0 Å². The molecular weight excluding hydrogens is 420 g/mol. The standard InChI is InChI=1S/C26H28N2O5/c1-26(2,3)33-23(30)16-27(21-14-8-10-17-9-4-5-11-18(17)21)22(29)15-28-24(31)19-12-6-7-13-20(19)25(28)32/h4-7,9,11-13,21H,8,10,14-16H2,1-3H3. The molecule has 0 aromatic heterocycles. The Morgan fingerprint density at radius 1 is 1.00 bits per heavy atom. The highest BCUT2D eigenvalue weighted by Crippen LogP contribution is 2.35. The maximum absolute atomic E-state index is 13.5. The predicted octanol–water partition coefficient (Wildman–Crippen LogP) is 3.53. The van der Waals surface area contributed by atoms with Crippen LogP contribution >= 0.6 is 0 Å². The number of esters is 1. The molecule has 0 fully saturated rings. The highest BCUT2D eigenvalue weighted by molar-refractivity contribution is 6.22. The Morgan fingerprint density at radius 2 is 1.61 bits per heavy atom. The number of imide groups is 1. The van der Waals surface area contributed by atoms with Crippen molar-refractivity contribution in [2.45, 2.75) is 51.7 Å². The molecule has 0 bridgehead atoms. The molecule has 1 atom stereocenters. The first-order valence-electron chi connectivity index (χ1n) is 11.2. The number of benzene rings is 2. The van der Waals surface area contributed by atoms with E-state index in [0.717, 1.165) is 28.9 Å². The average molecular weight is 449 g/mol. The molecular formula is C26H28N2O5. The lowest BCUT2D eigenvalue weighted by molar-refractivity contribution is -0.160. The number of rotatable bonds is 5. The molecule has 0 saturated heterocycles. The molecule has 2 aromatic carbocycles. The van der Waals surface area contributed by atoms with Gasteiger partial charge < -0.3 is 9.64 Å². The molecule has 2 aliphatic rings. The van der Waals surface area contributed by atoms with E-state index in [4.69, 9.17) is 4.74 Å². The first-order chi connectivity index (χ1) is 15.7. The molecule has 7 heteroatoms. The number of nitrogens with zero attached hydrogens (tertiary/aromatic N) is 2. The van der Waals surface area contributed by atoms with Gasteiger partial charge in [-0.15, -0.1) is 0 Å². The van der Waals surface area contributed by atoms with Crippen LogP contribution in [0.1, 0.15) is 71.5 Å². The van der Waals surface area contributed by atoms with Crippen molar-refractivity contribution >= 4 is 23.7 Å². The van der Waals surface area contributed by atoms with E-state index in [9.17, 15) is 19.2 Å². The SMILES string of the molecule is CC(C)(C)OC(=O)CN(C(=O)CN1C(=O)c2ccccc2C1=O)C1CCCc2ccccc21. The van der Waals surface area contributed by atoms with Crippen LogP contribution in [-0.4, -0.2) is 52.2 Å². The van der Waals surface area contributed by atoms with Gasteiger partial charge in [-0.05, 0) is 63.3 Å². The van der Waals surface area contributed by atoms with Crippen LogP contribution in [-0.2, 0) is 20.7 Å². The molecule has 172 valence electrons. The van der Waals surface area contributed by atoms with Crippen LogP contribution in [0.2, 0.25) is 0 Å². The molecule has 0 saturated carbocycles. The summed E-state index contributed by atoms with van der Waals surface area (Å²) in [6.45, 7) is 4.63. The van der Waals surface area contributed by atoms with E-state index in [0.29, 0.717) is 6.42 Å². The minimum absolute atomic E-state index is 0.252. The summed E-state index contributed by atoms with van der Waals surface area (Å²) in [5.41, 5.74) is 2.01. The van der Waals surface area contributed by atoms with Crippen LogP contribution < -0.4 is 0 Å². The van der Waals surface area contributed by atoms with Crippen LogP contribution in [0.4, 0.5) is 0 Å². The van der Waals surface area contributed by atoms with Gasteiger partial charge in [-0.25, -0.2) is 0 Å². The third-order valence-electron chi connectivity index (χ3n) is 5.93. The summed E-state index contributed by atoms with van der Waals surface area (Å²) in [6.07, 6.45) is 2.46. The van der Waals surface area contributed by atoms with Gasteiger partial charge in [0.2, 0.25) is 5.91 Å². The van der Waals surface area contributed by atoms with Crippen LogP contribution in [0.25, 0.3) is 0 Å². The van der Waals surface area contributed by atoms with Gasteiger partial charge >= 0.3 is 5.97 Å². The number of hydrogen-bond acceptors (Lipinski definition) is 5. The van der Waals surface area contributed by atoms with Gasteiger partial charge in [0, 0.05) is 0 Å². The first kappa shape index (κ1) is 22.7. The Bertz CT molecular complexity index is 1080. The number of aryl methyl sites for hydroxylation is 1. The van der Waals surface area contributed by atoms with Crippen molar-refractivity contribution in [3.8, 4) is 0 Å². The fourth-order valence-electron chi connectivity index (χ4n) is 4.55. The molecule has 4 rings (SSSR count). The summed E-state index contributed by atoms with van der Waals surface area (Å²) in [5.74, 6) is -1.98. The summed E-state index contributed by atoms with van der Waals surface area (Å²) in [6, 6.07) is 14.1. The van der Waals surface area contributed by atoms with Crippen molar-refractivity contribution in [2.24, 2.45) is 0 Å². The van der Waals surface area contributed by atoms with Crippen molar-refractivity contribution in [1.82, 2.24) is 9.80 Å². The number of amides is 3. The molecule has 1 unspecified atom stereocenters. The van der Waals surface area contributed by atoms with Gasteiger partial charge in [0.05, 0.1) is 17.2 Å². The van der Waals surface area contributed by atoms with Crippen molar-refractivity contribution in [2.75, 3.05) is 13.1 Å². The maximum Gasteiger partial charge on any atom is 0.326 e. The summed E-state index contributed by atoms with van der Waals surface area (Å²) in [5, 5.41) is 0. The van der Waals surface area contributed by atoms with Crippen LogP contribution in [0.15, 0.2) is 48.5 Å². The normalized spacial score (nSPS) is 17.4. The molecule has 0 radical (unpaired) electrons. The number of ether oxygens (including phenoxy) is 1. The summed E-state index contributed by atoms with van der Waals surface area (Å²) in [4.78, 5) is 54.2. The molecule has 3 amide bonds. The Balaban J connectivity index is 1.61. The van der Waals surface area contributed by atoms with E-state index < -0.39 is 35.8 Å². The Kier molecular flexibility index (Phi) is 6.06. The monoisotopic (exact) mass is 448 g/mol. The summed E-state index contributed by atoms with van der Waals surface area (Å²) < 4.78 is 5.48. The topological polar surface area (TPSA) is 84.0 Å². The summed E-state index contributed by atoms with van der Waals surface area (Å²) in [7, 11) is 0. The smallest absolute Gasteiger partial charge is 0.326 e. The zero-order valence-electron chi connectivity index (χ0n) is 19.2. The highest BCUT2D eigenvalue weighted by Gasteiger charge is 2.39. The molecule has 0 N–H and O–H groups in total. The molecule has 1 aliphatic carbocycles. The molecule has 33 heavy (non-hydrogen) atoms. The fourth-order valence-corrected chi connectivity index (χ4v) is 4.55. The van der Waals surface area contributed by atoms with Crippen molar-refractivity contribution < 1.29 is 23.9 Å². The number of hydrogen-bond donors (Lipinski definition) is 0. The third-order valence-corrected chi connectivity index (χ3v) is 5.93. The van der Waals surface area contributed by atoms with Crippen molar-refractivity contribution in [3.63, 3.8) is 0 Å². The minimum Gasteiger partial charge on any atom is -0.459 e. The molecule has 7 nitrogen and oxygen atoms in total. The molecule has 0 spiro atoms. The van der Waals surface area contributed by atoms with E-state index in [-0.39, 0.29) is 23.7 Å². The Hall–Kier alpha value is -3.48. The molecule has 1 heterocycles. The predicted molar refractivity (Wildman–Crippen MR) is 121 cm³/mol. The van der Waals surface area contributed by atoms with Crippen molar-refractivity contribution in [3.05, 3.63) is 70.8 Å². The number of carbonyl (C=O) groups is 4. The van der Waals surface area contributed by atoms with Crippen LogP contribution in [0, 0.1) is 0 Å². The maximum atomic E-state index is 13.5. The van der Waals surface area contributed by atoms with E-state index in [1.54, 1.807) is 45.0 Å². The quantitative estimate of drug-likeness (QED) is 0.516. The number of fused-ring (bicyclic) bond motifs is 2. The zero-order chi connectivity index (χ0) is 23.8. The van der Waals surface area contributed by atoms with Gasteiger partial charge in [-0.2, -0.15) is 0 Å². The van der Waals surface area contributed by atoms with Gasteiger partial charge in [0.25, 0.3) is 11.8 Å². The lowest BCUT2D eigenvalue weighted by Gasteiger charge is -2.36. The third kappa shape index (κ3) is 4.67. The second kappa shape index (κ2) is 8.81. The van der Waals surface area contributed by atoms with Gasteiger partial charge in [-0.3, -0.25) is 24.1 Å². The zero-order valence-corrected chi connectivity index (χ0v) is 19.2. The second-order valence-electron chi connectivity index (χ2n) is 9.46. The van der Waals surface area contributed by atoms with Crippen LogP contribution in [0.3, 0.4) is 0 Å². The Labute approximate surface area is 193 Å². The highest BCUT2D eigenvalue weighted by atomic mass is 16.6. The second-order valence-corrected chi connectivity index (χ2v) is 9.46. The van der Waals surface area contributed by atoms with Crippen molar-refractivity contribution in [1.29, 1.82) is 0 Å². The van der Waals surface area contributed by atoms with Crippen LogP contribution in [0.5, 0.6) is 0 Å². The number of carbonyl (C=O) groups excluding carboxylic acids is 4. The summed E-state index contributed by atoms with van der Waals surface area (Å²) >= 11 is 0. The average Bonchev–Trinajstić information content (AvgIpc) is 3.01. The van der Waals surface area contributed by atoms with Gasteiger partial charge in [0.1, 0.15) is 18.7 Å².